The number of pyridine rings is 2. The first-order valence-electron chi connectivity index (χ1n) is 11.7. The summed E-state index contributed by atoms with van der Waals surface area (Å²) in [6.45, 7) is 4.21. The van der Waals surface area contributed by atoms with Gasteiger partial charge in [0.25, 0.3) is 5.91 Å². The van der Waals surface area contributed by atoms with E-state index in [0.717, 1.165) is 68.2 Å². The molecule has 0 radical (unpaired) electrons. The van der Waals surface area contributed by atoms with Crippen molar-refractivity contribution in [3.05, 3.63) is 41.5 Å². The van der Waals surface area contributed by atoms with E-state index in [1.807, 2.05) is 19.1 Å². The van der Waals surface area contributed by atoms with E-state index in [-0.39, 0.29) is 17.7 Å². The lowest BCUT2D eigenvalue weighted by molar-refractivity contribution is -0.122. The zero-order valence-electron chi connectivity index (χ0n) is 18.9. The number of nitrogens with two attached hydrogens (primary N) is 1. The van der Waals surface area contributed by atoms with Crippen molar-refractivity contribution in [1.29, 1.82) is 0 Å². The van der Waals surface area contributed by atoms with E-state index < -0.39 is 0 Å². The summed E-state index contributed by atoms with van der Waals surface area (Å²) in [6, 6.07) is 5.50. The molecule has 0 saturated carbocycles. The second-order valence-electron chi connectivity index (χ2n) is 9.02. The lowest BCUT2D eigenvalue weighted by Crippen LogP contribution is -2.41. The Hall–Kier alpha value is -3.49. The molecule has 1 atom stereocenters. The number of rotatable bonds is 4. The summed E-state index contributed by atoms with van der Waals surface area (Å²) in [5.41, 5.74) is 8.87. The third-order valence-electron chi connectivity index (χ3n) is 6.59. The number of amides is 2. The Balaban J connectivity index is 1.36. The molecule has 1 saturated heterocycles. The summed E-state index contributed by atoms with van der Waals surface area (Å²) < 4.78 is 2.17. The van der Waals surface area contributed by atoms with Crippen LogP contribution in [0.5, 0.6) is 0 Å². The molecule has 1 unspecified atom stereocenters. The quantitative estimate of drug-likeness (QED) is 0.635. The SMILES string of the molecule is Cc1cc(C(=O)Nc2ccc(N3CCCC(C(N)=O)C3)nc2)c2nc3n(c2n1)CCCCC3. The average molecular weight is 448 g/mol. The van der Waals surface area contributed by atoms with Gasteiger partial charge in [0.1, 0.15) is 17.2 Å². The molecule has 2 amide bonds. The van der Waals surface area contributed by atoms with Gasteiger partial charge in [-0.25, -0.2) is 15.0 Å². The number of nitrogens with one attached hydrogen (secondary N) is 1. The van der Waals surface area contributed by atoms with Crippen LogP contribution in [0.15, 0.2) is 24.4 Å². The standard InChI is InChI=1S/C24H29N7O2/c1-15-12-18(21-23(27-15)31-11-4-2-3-7-20(31)29-21)24(33)28-17-8-9-19(26-13-17)30-10-5-6-16(14-30)22(25)32/h8-9,12-13,16H,2-7,10-11,14H2,1H3,(H2,25,32)(H,28,33). The maximum atomic E-state index is 13.2. The molecule has 2 aliphatic rings. The number of nitrogens with zero attached hydrogens (tertiary/aromatic N) is 5. The Labute approximate surface area is 192 Å². The van der Waals surface area contributed by atoms with Crippen LogP contribution in [0.2, 0.25) is 0 Å². The predicted octanol–water partition coefficient (Wildman–Crippen LogP) is 2.82. The highest BCUT2D eigenvalue weighted by Gasteiger charge is 2.25. The molecule has 0 aromatic carbocycles. The Morgan fingerprint density at radius 1 is 1.12 bits per heavy atom. The molecule has 3 aromatic heterocycles. The number of aromatic nitrogens is 4. The Bertz CT molecular complexity index is 1200. The molecule has 0 aliphatic carbocycles. The number of hydrogen-bond acceptors (Lipinski definition) is 6. The highest BCUT2D eigenvalue weighted by molar-refractivity contribution is 6.11. The zero-order valence-corrected chi connectivity index (χ0v) is 18.9. The maximum absolute atomic E-state index is 13.2. The number of carbonyl (C=O) groups is 2. The van der Waals surface area contributed by atoms with Gasteiger partial charge in [0.2, 0.25) is 5.91 Å². The lowest BCUT2D eigenvalue weighted by atomic mass is 9.97. The molecule has 2 aliphatic heterocycles. The first-order valence-corrected chi connectivity index (χ1v) is 11.7. The van der Waals surface area contributed by atoms with Gasteiger partial charge in [-0.3, -0.25) is 9.59 Å². The fraction of sp³-hybridized carbons (Fsp3) is 0.458. The van der Waals surface area contributed by atoms with Crippen molar-refractivity contribution >= 4 is 34.5 Å². The second-order valence-corrected chi connectivity index (χ2v) is 9.02. The topological polar surface area (TPSA) is 119 Å². The molecule has 5 rings (SSSR count). The summed E-state index contributed by atoms with van der Waals surface area (Å²) in [5, 5.41) is 2.96. The van der Waals surface area contributed by atoms with Gasteiger partial charge in [0.05, 0.1) is 23.4 Å². The third kappa shape index (κ3) is 4.27. The van der Waals surface area contributed by atoms with E-state index in [2.05, 4.69) is 19.8 Å². The molecule has 9 heteroatoms. The van der Waals surface area contributed by atoms with E-state index in [4.69, 9.17) is 15.7 Å². The van der Waals surface area contributed by atoms with Gasteiger partial charge in [-0.15, -0.1) is 0 Å². The van der Waals surface area contributed by atoms with Gasteiger partial charge in [-0.05, 0) is 50.8 Å². The summed E-state index contributed by atoms with van der Waals surface area (Å²) in [5.74, 6) is 1.15. The molecule has 3 N–H and O–H groups in total. The zero-order chi connectivity index (χ0) is 22.9. The van der Waals surface area contributed by atoms with Gasteiger partial charge >= 0.3 is 0 Å². The van der Waals surface area contributed by atoms with E-state index in [1.54, 1.807) is 12.3 Å². The predicted molar refractivity (Wildman–Crippen MR) is 126 cm³/mol. The smallest absolute Gasteiger partial charge is 0.258 e. The van der Waals surface area contributed by atoms with Crippen molar-refractivity contribution in [2.75, 3.05) is 23.3 Å². The number of piperidine rings is 1. The van der Waals surface area contributed by atoms with Gasteiger partial charge in [0.15, 0.2) is 5.65 Å². The number of fused-ring (bicyclic) bond motifs is 3. The van der Waals surface area contributed by atoms with E-state index >= 15 is 0 Å². The van der Waals surface area contributed by atoms with Crippen LogP contribution in [0.1, 0.15) is 54.0 Å². The average Bonchev–Trinajstić information content (AvgIpc) is 2.99. The number of anilines is 2. The monoisotopic (exact) mass is 447 g/mol. The van der Waals surface area contributed by atoms with Crippen molar-refractivity contribution in [2.45, 2.75) is 52.0 Å². The second kappa shape index (κ2) is 8.80. The molecule has 5 heterocycles. The minimum Gasteiger partial charge on any atom is -0.369 e. The maximum Gasteiger partial charge on any atom is 0.258 e. The number of carbonyl (C=O) groups excluding carboxylic acids is 2. The van der Waals surface area contributed by atoms with Crippen LogP contribution in [-0.2, 0) is 17.8 Å². The first-order chi connectivity index (χ1) is 16.0. The molecular formula is C24H29N7O2. The molecule has 0 bridgehead atoms. The van der Waals surface area contributed by atoms with Gasteiger partial charge in [-0.1, -0.05) is 6.42 Å². The van der Waals surface area contributed by atoms with E-state index in [9.17, 15) is 9.59 Å². The lowest BCUT2D eigenvalue weighted by Gasteiger charge is -2.32. The highest BCUT2D eigenvalue weighted by Crippen LogP contribution is 2.26. The van der Waals surface area contributed by atoms with Gasteiger partial charge in [-0.2, -0.15) is 0 Å². The van der Waals surface area contributed by atoms with Crippen LogP contribution in [0.3, 0.4) is 0 Å². The van der Waals surface area contributed by atoms with Crippen molar-refractivity contribution in [1.82, 2.24) is 19.5 Å². The Morgan fingerprint density at radius 2 is 2.00 bits per heavy atom. The largest absolute Gasteiger partial charge is 0.369 e. The molecular weight excluding hydrogens is 418 g/mol. The van der Waals surface area contributed by atoms with Crippen LogP contribution in [-0.4, -0.2) is 44.4 Å². The summed E-state index contributed by atoms with van der Waals surface area (Å²) in [7, 11) is 0. The molecule has 3 aromatic rings. The normalized spacial score (nSPS) is 18.6. The van der Waals surface area contributed by atoms with E-state index in [0.29, 0.717) is 23.3 Å². The van der Waals surface area contributed by atoms with Crippen molar-refractivity contribution in [3.63, 3.8) is 0 Å². The molecule has 0 spiro atoms. The summed E-state index contributed by atoms with van der Waals surface area (Å²) in [6.07, 6.45) is 7.68. The van der Waals surface area contributed by atoms with Crippen molar-refractivity contribution in [2.24, 2.45) is 11.7 Å². The first kappa shape index (κ1) is 21.4. The Kier molecular flexibility index (Phi) is 5.70. The van der Waals surface area contributed by atoms with Crippen LogP contribution < -0.4 is 16.0 Å². The number of hydrogen-bond donors (Lipinski definition) is 2. The molecule has 9 nitrogen and oxygen atoms in total. The molecule has 33 heavy (non-hydrogen) atoms. The number of imidazole rings is 1. The van der Waals surface area contributed by atoms with Gasteiger partial charge < -0.3 is 20.5 Å². The van der Waals surface area contributed by atoms with Crippen molar-refractivity contribution < 1.29 is 9.59 Å². The van der Waals surface area contributed by atoms with Crippen LogP contribution >= 0.6 is 0 Å². The fourth-order valence-electron chi connectivity index (χ4n) is 4.85. The van der Waals surface area contributed by atoms with Gasteiger partial charge in [0, 0.05) is 31.7 Å². The minimum atomic E-state index is -0.265. The van der Waals surface area contributed by atoms with Crippen LogP contribution in [0, 0.1) is 12.8 Å². The summed E-state index contributed by atoms with van der Waals surface area (Å²) in [4.78, 5) is 40.8. The minimum absolute atomic E-state index is 0.151. The van der Waals surface area contributed by atoms with Crippen LogP contribution in [0.25, 0.3) is 11.2 Å². The molecule has 172 valence electrons. The van der Waals surface area contributed by atoms with Crippen molar-refractivity contribution in [3.8, 4) is 0 Å². The Morgan fingerprint density at radius 3 is 2.79 bits per heavy atom. The fourth-order valence-corrected chi connectivity index (χ4v) is 4.85. The number of aryl methyl sites for hydroxylation is 3. The third-order valence-corrected chi connectivity index (χ3v) is 6.59. The number of primary amides is 1. The van der Waals surface area contributed by atoms with E-state index in [1.165, 1.54) is 6.42 Å². The van der Waals surface area contributed by atoms with Crippen LogP contribution in [0.4, 0.5) is 11.5 Å². The highest BCUT2D eigenvalue weighted by atomic mass is 16.2. The molecule has 1 fully saturated rings. The summed E-state index contributed by atoms with van der Waals surface area (Å²) >= 11 is 0.